The van der Waals surface area contributed by atoms with Crippen LogP contribution in [0.1, 0.15) is 50.4 Å². The second-order valence-electron chi connectivity index (χ2n) is 8.17. The third-order valence-corrected chi connectivity index (χ3v) is 5.29. The minimum absolute atomic E-state index is 0.0995. The molecule has 126 valence electrons. The van der Waals surface area contributed by atoms with Gasteiger partial charge in [-0.25, -0.2) is 0 Å². The average Bonchev–Trinajstić information content (AvgIpc) is 2.53. The van der Waals surface area contributed by atoms with Crippen LogP contribution in [0.3, 0.4) is 0 Å². The topological polar surface area (TPSA) is 36.4 Å². The largest absolute Gasteiger partial charge is 0.338 e. The Kier molecular flexibility index (Phi) is 4.45. The molecule has 0 N–H and O–H groups in total. The Hall–Kier alpha value is -1.42. The Bertz CT molecular complexity index is 583. The van der Waals surface area contributed by atoms with E-state index in [1.54, 1.807) is 0 Å². The van der Waals surface area contributed by atoms with Crippen LogP contribution in [0.25, 0.3) is 0 Å². The molecule has 1 saturated heterocycles. The van der Waals surface area contributed by atoms with Crippen molar-refractivity contribution in [2.75, 3.05) is 26.7 Å². The standard InChI is InChI=1S/C19H29N3O/c1-19(2,3)16-11-15-13-22(10-7-17(15)20-12-16)18(23)14-5-8-21(4)9-6-14/h11-12,14H,5-10,13H2,1-4H3. The van der Waals surface area contributed by atoms with E-state index in [-0.39, 0.29) is 11.3 Å². The molecule has 2 aliphatic rings. The van der Waals surface area contributed by atoms with Gasteiger partial charge in [0, 0.05) is 37.3 Å². The van der Waals surface area contributed by atoms with Crippen molar-refractivity contribution in [2.24, 2.45) is 5.92 Å². The van der Waals surface area contributed by atoms with E-state index in [4.69, 9.17) is 0 Å². The predicted molar refractivity (Wildman–Crippen MR) is 92.3 cm³/mol. The number of rotatable bonds is 1. The molecule has 0 radical (unpaired) electrons. The van der Waals surface area contributed by atoms with E-state index in [0.717, 1.165) is 45.4 Å². The lowest BCUT2D eigenvalue weighted by atomic mass is 9.86. The van der Waals surface area contributed by atoms with Crippen LogP contribution < -0.4 is 0 Å². The molecule has 0 spiro atoms. The van der Waals surface area contributed by atoms with Crippen LogP contribution >= 0.6 is 0 Å². The van der Waals surface area contributed by atoms with E-state index in [1.165, 1.54) is 16.8 Å². The van der Waals surface area contributed by atoms with Gasteiger partial charge in [-0.05, 0) is 49.5 Å². The van der Waals surface area contributed by atoms with Crippen molar-refractivity contribution in [3.05, 3.63) is 29.1 Å². The number of nitrogens with zero attached hydrogens (tertiary/aromatic N) is 3. The van der Waals surface area contributed by atoms with Gasteiger partial charge in [0.25, 0.3) is 0 Å². The number of carbonyl (C=O) groups is 1. The van der Waals surface area contributed by atoms with Crippen molar-refractivity contribution in [3.8, 4) is 0 Å². The van der Waals surface area contributed by atoms with Crippen LogP contribution in [0.5, 0.6) is 0 Å². The normalized spacial score (nSPS) is 20.4. The van der Waals surface area contributed by atoms with Crippen LogP contribution in [0.4, 0.5) is 0 Å². The number of carbonyl (C=O) groups excluding carboxylic acids is 1. The number of pyridine rings is 1. The summed E-state index contributed by atoms with van der Waals surface area (Å²) in [6.07, 6.45) is 4.89. The fourth-order valence-corrected chi connectivity index (χ4v) is 3.54. The number of likely N-dealkylation sites (tertiary alicyclic amines) is 1. The highest BCUT2D eigenvalue weighted by atomic mass is 16.2. The fraction of sp³-hybridized carbons (Fsp3) is 0.684. The second kappa shape index (κ2) is 6.23. The van der Waals surface area contributed by atoms with Gasteiger partial charge in [0.2, 0.25) is 5.91 Å². The van der Waals surface area contributed by atoms with Crippen LogP contribution in [0.15, 0.2) is 12.3 Å². The van der Waals surface area contributed by atoms with Gasteiger partial charge in [-0.1, -0.05) is 26.8 Å². The molecule has 2 aliphatic heterocycles. The van der Waals surface area contributed by atoms with Crippen LogP contribution in [0.2, 0.25) is 0 Å². The van der Waals surface area contributed by atoms with E-state index < -0.39 is 0 Å². The Labute approximate surface area is 139 Å². The zero-order chi connectivity index (χ0) is 16.6. The first-order valence-corrected chi connectivity index (χ1v) is 8.80. The maximum atomic E-state index is 12.8. The number of hydrogen-bond donors (Lipinski definition) is 0. The lowest BCUT2D eigenvalue weighted by Crippen LogP contribution is -2.43. The highest BCUT2D eigenvalue weighted by molar-refractivity contribution is 5.79. The molecule has 23 heavy (non-hydrogen) atoms. The molecule has 1 aromatic rings. The fourth-order valence-electron chi connectivity index (χ4n) is 3.54. The lowest BCUT2D eigenvalue weighted by Gasteiger charge is -2.35. The number of hydrogen-bond acceptors (Lipinski definition) is 3. The zero-order valence-electron chi connectivity index (χ0n) is 14.9. The summed E-state index contributed by atoms with van der Waals surface area (Å²) in [5.74, 6) is 0.566. The molecule has 4 heteroatoms. The van der Waals surface area contributed by atoms with Gasteiger partial charge < -0.3 is 9.80 Å². The van der Waals surface area contributed by atoms with E-state index in [0.29, 0.717) is 5.91 Å². The molecule has 3 rings (SSSR count). The van der Waals surface area contributed by atoms with Crippen LogP contribution in [-0.2, 0) is 23.2 Å². The summed E-state index contributed by atoms with van der Waals surface area (Å²) in [6.45, 7) is 10.3. The van der Waals surface area contributed by atoms with Crippen molar-refractivity contribution in [1.29, 1.82) is 0 Å². The average molecular weight is 315 g/mol. The third-order valence-electron chi connectivity index (χ3n) is 5.29. The van der Waals surface area contributed by atoms with Gasteiger partial charge in [0.05, 0.1) is 0 Å². The molecule has 0 unspecified atom stereocenters. The third kappa shape index (κ3) is 3.57. The van der Waals surface area contributed by atoms with Crippen molar-refractivity contribution in [1.82, 2.24) is 14.8 Å². The minimum Gasteiger partial charge on any atom is -0.338 e. The summed E-state index contributed by atoms with van der Waals surface area (Å²) in [7, 11) is 2.14. The molecule has 1 amide bonds. The summed E-state index contributed by atoms with van der Waals surface area (Å²) in [4.78, 5) is 21.9. The van der Waals surface area contributed by atoms with Crippen molar-refractivity contribution >= 4 is 5.91 Å². The summed E-state index contributed by atoms with van der Waals surface area (Å²) >= 11 is 0. The van der Waals surface area contributed by atoms with E-state index in [1.807, 2.05) is 6.20 Å². The summed E-state index contributed by atoms with van der Waals surface area (Å²) in [5, 5.41) is 0. The minimum atomic E-state index is 0.0995. The Morgan fingerprint density at radius 2 is 1.91 bits per heavy atom. The molecule has 0 aromatic carbocycles. The van der Waals surface area contributed by atoms with Gasteiger partial charge >= 0.3 is 0 Å². The summed E-state index contributed by atoms with van der Waals surface area (Å²) in [6, 6.07) is 2.26. The highest BCUT2D eigenvalue weighted by Crippen LogP contribution is 2.27. The van der Waals surface area contributed by atoms with Gasteiger partial charge in [-0.3, -0.25) is 9.78 Å². The maximum Gasteiger partial charge on any atom is 0.226 e. The zero-order valence-corrected chi connectivity index (χ0v) is 14.9. The first-order valence-electron chi connectivity index (χ1n) is 8.80. The number of amides is 1. The van der Waals surface area contributed by atoms with E-state index in [9.17, 15) is 4.79 Å². The number of fused-ring (bicyclic) bond motifs is 1. The van der Waals surface area contributed by atoms with Crippen molar-refractivity contribution in [3.63, 3.8) is 0 Å². The smallest absolute Gasteiger partial charge is 0.226 e. The molecule has 1 aromatic heterocycles. The SMILES string of the molecule is CN1CCC(C(=O)N2CCc3ncc(C(C)(C)C)cc3C2)CC1. The molecular formula is C19H29N3O. The van der Waals surface area contributed by atoms with Crippen LogP contribution in [0, 0.1) is 5.92 Å². The molecule has 0 aliphatic carbocycles. The molecule has 1 fully saturated rings. The molecule has 0 saturated carbocycles. The predicted octanol–water partition coefficient (Wildman–Crippen LogP) is 2.61. The summed E-state index contributed by atoms with van der Waals surface area (Å²) in [5.41, 5.74) is 3.77. The van der Waals surface area contributed by atoms with Crippen molar-refractivity contribution < 1.29 is 4.79 Å². The maximum absolute atomic E-state index is 12.8. The Morgan fingerprint density at radius 3 is 2.57 bits per heavy atom. The second-order valence-corrected chi connectivity index (χ2v) is 8.17. The first-order chi connectivity index (χ1) is 10.8. The van der Waals surface area contributed by atoms with Gasteiger partial charge in [0.1, 0.15) is 0 Å². The Balaban J connectivity index is 1.73. The molecule has 0 bridgehead atoms. The van der Waals surface area contributed by atoms with Crippen LogP contribution in [-0.4, -0.2) is 47.4 Å². The van der Waals surface area contributed by atoms with Gasteiger partial charge in [-0.15, -0.1) is 0 Å². The van der Waals surface area contributed by atoms with E-state index >= 15 is 0 Å². The highest BCUT2D eigenvalue weighted by Gasteiger charge is 2.30. The lowest BCUT2D eigenvalue weighted by molar-refractivity contribution is -0.138. The van der Waals surface area contributed by atoms with E-state index in [2.05, 4.69) is 48.7 Å². The number of piperidine rings is 1. The van der Waals surface area contributed by atoms with Crippen molar-refractivity contribution in [2.45, 2.75) is 52.0 Å². The quantitative estimate of drug-likeness (QED) is 0.799. The van der Waals surface area contributed by atoms with Gasteiger partial charge in [0.15, 0.2) is 0 Å². The molecule has 4 nitrogen and oxygen atoms in total. The number of aromatic nitrogens is 1. The monoisotopic (exact) mass is 315 g/mol. The molecular weight excluding hydrogens is 286 g/mol. The van der Waals surface area contributed by atoms with Gasteiger partial charge in [-0.2, -0.15) is 0 Å². The first kappa shape index (κ1) is 16.4. The molecule has 0 atom stereocenters. The summed E-state index contributed by atoms with van der Waals surface area (Å²) < 4.78 is 0. The Morgan fingerprint density at radius 1 is 1.22 bits per heavy atom. The molecule has 3 heterocycles.